The molecule has 24 heavy (non-hydrogen) atoms. The maximum Gasteiger partial charge on any atom is 0.271 e. The lowest BCUT2D eigenvalue weighted by atomic mass is 9.88. The summed E-state index contributed by atoms with van der Waals surface area (Å²) in [6.45, 7) is 2.70. The normalized spacial score (nSPS) is 34.8. The van der Waals surface area contributed by atoms with Gasteiger partial charge in [-0.1, -0.05) is 49.1 Å². The number of hydrazine groups is 1. The van der Waals surface area contributed by atoms with Gasteiger partial charge in [-0.3, -0.25) is 4.79 Å². The maximum absolute atomic E-state index is 13.0. The van der Waals surface area contributed by atoms with Crippen molar-refractivity contribution in [3.63, 3.8) is 0 Å². The molecule has 2 heterocycles. The first kappa shape index (κ1) is 16.1. The first-order valence-electron chi connectivity index (χ1n) is 9.11. The molecule has 0 bridgehead atoms. The minimum Gasteiger partial charge on any atom is -0.366 e. The van der Waals surface area contributed by atoms with Gasteiger partial charge in [-0.25, -0.2) is 10.4 Å². The van der Waals surface area contributed by atoms with Gasteiger partial charge < -0.3 is 10.0 Å². The Morgan fingerprint density at radius 3 is 2.50 bits per heavy atom. The molecule has 5 heteroatoms. The van der Waals surface area contributed by atoms with Crippen LogP contribution in [0.2, 0.25) is 0 Å². The highest BCUT2D eigenvalue weighted by atomic mass is 16.3. The van der Waals surface area contributed by atoms with E-state index in [0.717, 1.165) is 18.4 Å². The lowest BCUT2D eigenvalue weighted by Gasteiger charge is -2.33. The highest BCUT2D eigenvalue weighted by molar-refractivity contribution is 5.88. The molecule has 0 spiro atoms. The van der Waals surface area contributed by atoms with Gasteiger partial charge >= 0.3 is 0 Å². The van der Waals surface area contributed by atoms with E-state index in [9.17, 15) is 9.90 Å². The molecule has 3 atom stereocenters. The molecule has 4 rings (SSSR count). The van der Waals surface area contributed by atoms with Crippen molar-refractivity contribution in [2.24, 2.45) is 5.92 Å². The summed E-state index contributed by atoms with van der Waals surface area (Å²) >= 11 is 0. The maximum atomic E-state index is 13.0. The van der Waals surface area contributed by atoms with E-state index in [1.807, 2.05) is 17.0 Å². The Kier molecular flexibility index (Phi) is 3.90. The van der Waals surface area contributed by atoms with Gasteiger partial charge in [0.25, 0.3) is 5.91 Å². The number of hydrogen-bond acceptors (Lipinski definition) is 4. The van der Waals surface area contributed by atoms with Crippen LogP contribution in [-0.4, -0.2) is 46.3 Å². The van der Waals surface area contributed by atoms with Gasteiger partial charge in [-0.2, -0.15) is 0 Å². The van der Waals surface area contributed by atoms with E-state index in [-0.39, 0.29) is 17.9 Å². The number of amides is 1. The van der Waals surface area contributed by atoms with Crippen LogP contribution in [0, 0.1) is 12.8 Å². The Hall–Kier alpha value is -1.43. The molecule has 1 amide bonds. The predicted molar refractivity (Wildman–Crippen MR) is 91.8 cm³/mol. The van der Waals surface area contributed by atoms with Gasteiger partial charge in [0.1, 0.15) is 0 Å². The molecular weight excluding hydrogens is 302 g/mol. The zero-order valence-electron chi connectivity index (χ0n) is 14.5. The topological polar surface area (TPSA) is 55.8 Å². The summed E-state index contributed by atoms with van der Waals surface area (Å²) in [5.41, 5.74) is 3.98. The van der Waals surface area contributed by atoms with Crippen LogP contribution in [0.25, 0.3) is 0 Å². The van der Waals surface area contributed by atoms with Crippen LogP contribution in [-0.2, 0) is 4.79 Å². The van der Waals surface area contributed by atoms with Gasteiger partial charge in [0.2, 0.25) is 5.72 Å². The molecule has 1 saturated carbocycles. The van der Waals surface area contributed by atoms with Crippen molar-refractivity contribution in [2.75, 3.05) is 13.6 Å². The third-order valence-electron chi connectivity index (χ3n) is 6.10. The summed E-state index contributed by atoms with van der Waals surface area (Å²) in [6, 6.07) is 8.71. The van der Waals surface area contributed by atoms with E-state index < -0.39 is 5.72 Å². The van der Waals surface area contributed by atoms with Crippen LogP contribution in [0.15, 0.2) is 24.3 Å². The van der Waals surface area contributed by atoms with Gasteiger partial charge in [0, 0.05) is 19.6 Å². The molecule has 1 aliphatic carbocycles. The lowest BCUT2D eigenvalue weighted by Crippen LogP contribution is -2.54. The number of aryl methyl sites for hydroxylation is 1. The fraction of sp³-hybridized carbons (Fsp3) is 0.632. The molecule has 0 radical (unpaired) electrons. The highest BCUT2D eigenvalue weighted by Gasteiger charge is 2.62. The highest BCUT2D eigenvalue weighted by Crippen LogP contribution is 2.46. The van der Waals surface area contributed by atoms with Crippen molar-refractivity contribution in [3.8, 4) is 0 Å². The Bertz CT molecular complexity index is 626. The standard InChI is InChI=1S/C19H27N3O2/c1-13-8-10-14(11-9-13)17-16-12-22(15-6-4-3-5-7-15)18(23)19(16,24)20-21(17)2/h8-11,15-17,20,24H,3-7,12H2,1-2H3. The first-order chi connectivity index (χ1) is 11.5. The molecule has 5 nitrogen and oxygen atoms in total. The fourth-order valence-electron chi connectivity index (χ4n) is 4.80. The molecule has 2 saturated heterocycles. The smallest absolute Gasteiger partial charge is 0.271 e. The van der Waals surface area contributed by atoms with Crippen LogP contribution in [0.1, 0.15) is 49.3 Å². The van der Waals surface area contributed by atoms with Crippen LogP contribution in [0.4, 0.5) is 0 Å². The number of benzene rings is 1. The van der Waals surface area contributed by atoms with E-state index in [1.54, 1.807) is 0 Å². The van der Waals surface area contributed by atoms with E-state index in [0.29, 0.717) is 12.6 Å². The number of nitrogens with zero attached hydrogens (tertiary/aromatic N) is 2. The number of fused-ring (bicyclic) bond motifs is 1. The number of carbonyl (C=O) groups excluding carboxylic acids is 1. The number of nitrogens with one attached hydrogen (secondary N) is 1. The Balaban J connectivity index is 1.63. The van der Waals surface area contributed by atoms with Crippen LogP contribution in [0.3, 0.4) is 0 Å². The molecule has 3 unspecified atom stereocenters. The second-order valence-corrected chi connectivity index (χ2v) is 7.70. The summed E-state index contributed by atoms with van der Waals surface area (Å²) in [7, 11) is 1.92. The van der Waals surface area contributed by atoms with Gasteiger partial charge in [0.15, 0.2) is 0 Å². The van der Waals surface area contributed by atoms with Crippen LogP contribution in [0.5, 0.6) is 0 Å². The van der Waals surface area contributed by atoms with Crippen LogP contribution >= 0.6 is 0 Å². The average molecular weight is 329 g/mol. The Morgan fingerprint density at radius 1 is 1.17 bits per heavy atom. The van der Waals surface area contributed by atoms with Crippen molar-refractivity contribution < 1.29 is 9.90 Å². The number of aliphatic hydroxyl groups is 1. The van der Waals surface area contributed by atoms with Gasteiger partial charge in [-0.15, -0.1) is 0 Å². The van der Waals surface area contributed by atoms with Crippen molar-refractivity contribution >= 4 is 5.91 Å². The zero-order valence-corrected chi connectivity index (χ0v) is 14.5. The predicted octanol–water partition coefficient (Wildman–Crippen LogP) is 1.97. The van der Waals surface area contributed by atoms with E-state index in [2.05, 4.69) is 36.6 Å². The molecule has 3 fully saturated rings. The molecule has 1 aromatic carbocycles. The van der Waals surface area contributed by atoms with E-state index in [4.69, 9.17) is 0 Å². The molecule has 0 aromatic heterocycles. The lowest BCUT2D eigenvalue weighted by molar-refractivity contribution is -0.151. The Morgan fingerprint density at radius 2 is 1.83 bits per heavy atom. The second-order valence-electron chi connectivity index (χ2n) is 7.70. The largest absolute Gasteiger partial charge is 0.366 e. The summed E-state index contributed by atoms with van der Waals surface area (Å²) in [4.78, 5) is 14.9. The quantitative estimate of drug-likeness (QED) is 0.871. The second kappa shape index (κ2) is 5.83. The fourth-order valence-corrected chi connectivity index (χ4v) is 4.80. The molecule has 1 aromatic rings. The van der Waals surface area contributed by atoms with Crippen molar-refractivity contribution in [1.29, 1.82) is 0 Å². The third-order valence-corrected chi connectivity index (χ3v) is 6.10. The summed E-state index contributed by atoms with van der Waals surface area (Å²) < 4.78 is 0. The number of likely N-dealkylation sites (tertiary alicyclic amines) is 1. The average Bonchev–Trinajstić information content (AvgIpc) is 2.98. The molecule has 130 valence electrons. The Labute approximate surface area is 143 Å². The summed E-state index contributed by atoms with van der Waals surface area (Å²) in [6.07, 6.45) is 5.77. The molecular formula is C19H27N3O2. The molecule has 3 aliphatic rings. The summed E-state index contributed by atoms with van der Waals surface area (Å²) in [5, 5.41) is 13.0. The van der Waals surface area contributed by atoms with Gasteiger partial charge in [-0.05, 0) is 25.3 Å². The van der Waals surface area contributed by atoms with E-state index in [1.165, 1.54) is 24.8 Å². The van der Waals surface area contributed by atoms with E-state index >= 15 is 0 Å². The van der Waals surface area contributed by atoms with Gasteiger partial charge in [0.05, 0.1) is 12.0 Å². The number of hydrogen-bond donors (Lipinski definition) is 2. The first-order valence-corrected chi connectivity index (χ1v) is 9.11. The molecule has 2 N–H and O–H groups in total. The van der Waals surface area contributed by atoms with Crippen molar-refractivity contribution in [2.45, 2.75) is 56.8 Å². The SMILES string of the molecule is Cc1ccc(C2C3CN(C4CCCCC4)C(=O)C3(O)NN2C)cc1. The zero-order chi connectivity index (χ0) is 16.9. The minimum atomic E-state index is -1.46. The minimum absolute atomic E-state index is 0.00754. The third kappa shape index (κ3) is 2.38. The van der Waals surface area contributed by atoms with Crippen LogP contribution < -0.4 is 5.43 Å². The van der Waals surface area contributed by atoms with Crippen molar-refractivity contribution in [1.82, 2.24) is 15.3 Å². The molecule has 2 aliphatic heterocycles. The van der Waals surface area contributed by atoms with Crippen molar-refractivity contribution in [3.05, 3.63) is 35.4 Å². The summed E-state index contributed by atoms with van der Waals surface area (Å²) in [5.74, 6) is -0.277. The monoisotopic (exact) mass is 329 g/mol. The number of carbonyl (C=O) groups is 1. The number of rotatable bonds is 2.